The molecule has 0 bridgehead atoms. The molecule has 3 heteroatoms. The highest BCUT2D eigenvalue weighted by Crippen LogP contribution is 2.27. The average Bonchev–Trinajstić information content (AvgIpc) is 2.95. The van der Waals surface area contributed by atoms with Gasteiger partial charge < -0.3 is 10.5 Å². The number of thioether (sulfide) groups is 1. The lowest BCUT2D eigenvalue weighted by molar-refractivity contribution is 0.357. The number of benzene rings is 2. The van der Waals surface area contributed by atoms with E-state index in [4.69, 9.17) is 10.5 Å². The van der Waals surface area contributed by atoms with Crippen molar-refractivity contribution < 1.29 is 4.74 Å². The number of fused-ring (bicyclic) bond motifs is 1. The molecule has 2 aromatic carbocycles. The van der Waals surface area contributed by atoms with Crippen molar-refractivity contribution in [3.8, 4) is 5.75 Å². The van der Waals surface area contributed by atoms with E-state index < -0.39 is 0 Å². The molecule has 0 fully saturated rings. The molecule has 21 heavy (non-hydrogen) atoms. The van der Waals surface area contributed by atoms with E-state index in [9.17, 15) is 0 Å². The molecule has 3 rings (SSSR count). The van der Waals surface area contributed by atoms with Crippen molar-refractivity contribution in [1.82, 2.24) is 0 Å². The van der Waals surface area contributed by atoms with Crippen LogP contribution in [0.3, 0.4) is 0 Å². The van der Waals surface area contributed by atoms with Gasteiger partial charge in [-0.15, -0.1) is 11.8 Å². The van der Waals surface area contributed by atoms with Gasteiger partial charge in [0.2, 0.25) is 0 Å². The molecule has 0 saturated carbocycles. The van der Waals surface area contributed by atoms with Gasteiger partial charge in [0.1, 0.15) is 5.75 Å². The van der Waals surface area contributed by atoms with Gasteiger partial charge in [0, 0.05) is 23.1 Å². The molecule has 0 spiro atoms. The Bertz CT molecular complexity index is 624. The number of rotatable bonds is 5. The van der Waals surface area contributed by atoms with Crippen LogP contribution in [0.4, 0.5) is 0 Å². The summed E-state index contributed by atoms with van der Waals surface area (Å²) < 4.78 is 5.55. The number of aryl methyl sites for hydroxylation is 1. The zero-order valence-corrected chi connectivity index (χ0v) is 13.2. The van der Waals surface area contributed by atoms with Crippen LogP contribution >= 0.6 is 11.8 Å². The van der Waals surface area contributed by atoms with E-state index in [1.54, 1.807) is 0 Å². The van der Waals surface area contributed by atoms with E-state index in [1.807, 2.05) is 18.7 Å². The van der Waals surface area contributed by atoms with Gasteiger partial charge in [0.15, 0.2) is 0 Å². The zero-order chi connectivity index (χ0) is 14.7. The average molecular weight is 299 g/mol. The SMILES string of the molecule is CC(N)c1cccc(SCCc2ccc3c(c2)CCO3)c1. The van der Waals surface area contributed by atoms with Crippen LogP contribution in [-0.4, -0.2) is 12.4 Å². The number of hydrogen-bond acceptors (Lipinski definition) is 3. The molecule has 1 atom stereocenters. The molecule has 2 N–H and O–H groups in total. The van der Waals surface area contributed by atoms with E-state index in [2.05, 4.69) is 42.5 Å². The smallest absolute Gasteiger partial charge is 0.122 e. The normalized spacial score (nSPS) is 14.6. The quantitative estimate of drug-likeness (QED) is 0.848. The standard InChI is InChI=1S/C18H21NOS/c1-13(19)15-3-2-4-17(12-15)21-10-8-14-5-6-18-16(11-14)7-9-20-18/h2-6,11-13H,7-10,19H2,1H3. The third kappa shape index (κ3) is 3.60. The number of ether oxygens (including phenoxy) is 1. The van der Waals surface area contributed by atoms with Crippen LogP contribution in [-0.2, 0) is 12.8 Å². The third-order valence-electron chi connectivity index (χ3n) is 3.80. The minimum atomic E-state index is 0.0993. The Morgan fingerprint density at radius 3 is 3.00 bits per heavy atom. The van der Waals surface area contributed by atoms with E-state index in [0.29, 0.717) is 0 Å². The first-order valence-corrected chi connectivity index (χ1v) is 8.44. The first kappa shape index (κ1) is 14.5. The van der Waals surface area contributed by atoms with Crippen molar-refractivity contribution in [2.75, 3.05) is 12.4 Å². The Morgan fingerprint density at radius 2 is 2.14 bits per heavy atom. The van der Waals surface area contributed by atoms with Gasteiger partial charge in [-0.1, -0.05) is 24.3 Å². The first-order chi connectivity index (χ1) is 10.2. The van der Waals surface area contributed by atoms with Crippen molar-refractivity contribution in [2.24, 2.45) is 5.73 Å². The Kier molecular flexibility index (Phi) is 4.51. The number of hydrogen-bond donors (Lipinski definition) is 1. The van der Waals surface area contributed by atoms with Gasteiger partial charge in [-0.25, -0.2) is 0 Å². The molecule has 0 saturated heterocycles. The fourth-order valence-electron chi connectivity index (χ4n) is 2.57. The Morgan fingerprint density at radius 1 is 1.24 bits per heavy atom. The summed E-state index contributed by atoms with van der Waals surface area (Å²) in [4.78, 5) is 1.30. The monoisotopic (exact) mass is 299 g/mol. The van der Waals surface area contributed by atoms with E-state index in [0.717, 1.165) is 31.0 Å². The summed E-state index contributed by atoms with van der Waals surface area (Å²) in [5.74, 6) is 2.15. The molecule has 1 heterocycles. The summed E-state index contributed by atoms with van der Waals surface area (Å²) in [6.07, 6.45) is 2.13. The lowest BCUT2D eigenvalue weighted by Gasteiger charge is -2.08. The minimum absolute atomic E-state index is 0.0993. The maximum absolute atomic E-state index is 5.93. The van der Waals surface area contributed by atoms with Gasteiger partial charge in [0.25, 0.3) is 0 Å². The van der Waals surface area contributed by atoms with Crippen molar-refractivity contribution in [3.05, 3.63) is 59.2 Å². The lowest BCUT2D eigenvalue weighted by atomic mass is 10.1. The van der Waals surface area contributed by atoms with E-state index in [1.165, 1.54) is 21.6 Å². The van der Waals surface area contributed by atoms with Gasteiger partial charge in [-0.2, -0.15) is 0 Å². The van der Waals surface area contributed by atoms with Crippen LogP contribution in [0.5, 0.6) is 5.75 Å². The maximum Gasteiger partial charge on any atom is 0.122 e. The second kappa shape index (κ2) is 6.54. The predicted octanol–water partition coefficient (Wildman–Crippen LogP) is 3.98. The summed E-state index contributed by atoms with van der Waals surface area (Å²) in [6, 6.07) is 15.2. The largest absolute Gasteiger partial charge is 0.493 e. The van der Waals surface area contributed by atoms with Crippen LogP contribution < -0.4 is 10.5 Å². The molecule has 2 nitrogen and oxygen atoms in total. The number of nitrogens with two attached hydrogens (primary N) is 1. The van der Waals surface area contributed by atoms with E-state index in [-0.39, 0.29) is 6.04 Å². The van der Waals surface area contributed by atoms with Crippen molar-refractivity contribution in [1.29, 1.82) is 0 Å². The third-order valence-corrected chi connectivity index (χ3v) is 4.79. The van der Waals surface area contributed by atoms with E-state index >= 15 is 0 Å². The highest BCUT2D eigenvalue weighted by molar-refractivity contribution is 7.99. The second-order valence-corrected chi connectivity index (χ2v) is 6.67. The van der Waals surface area contributed by atoms with Crippen molar-refractivity contribution in [2.45, 2.75) is 30.7 Å². The van der Waals surface area contributed by atoms with Gasteiger partial charge in [-0.05, 0) is 48.2 Å². The Labute approximate surface area is 130 Å². The summed E-state index contributed by atoms with van der Waals surface area (Å²) in [6.45, 7) is 2.86. The summed E-state index contributed by atoms with van der Waals surface area (Å²) in [5, 5.41) is 0. The molecule has 0 radical (unpaired) electrons. The molecule has 0 amide bonds. The van der Waals surface area contributed by atoms with Gasteiger partial charge in [-0.3, -0.25) is 0 Å². The fraction of sp³-hybridized carbons (Fsp3) is 0.333. The van der Waals surface area contributed by atoms with Crippen LogP contribution in [0.25, 0.3) is 0 Å². The Hall–Kier alpha value is -1.45. The molecule has 1 aliphatic rings. The molecule has 0 aliphatic carbocycles. The second-order valence-electron chi connectivity index (χ2n) is 5.50. The molecule has 0 aromatic heterocycles. The van der Waals surface area contributed by atoms with Crippen LogP contribution in [0.1, 0.15) is 29.7 Å². The lowest BCUT2D eigenvalue weighted by Crippen LogP contribution is -2.04. The van der Waals surface area contributed by atoms with Crippen LogP contribution in [0.15, 0.2) is 47.4 Å². The molecule has 2 aromatic rings. The molecular weight excluding hydrogens is 278 g/mol. The molecule has 1 unspecified atom stereocenters. The van der Waals surface area contributed by atoms with Crippen LogP contribution in [0, 0.1) is 0 Å². The minimum Gasteiger partial charge on any atom is -0.493 e. The fourth-order valence-corrected chi connectivity index (χ4v) is 3.54. The summed E-state index contributed by atoms with van der Waals surface area (Å²) in [7, 11) is 0. The van der Waals surface area contributed by atoms with Gasteiger partial charge >= 0.3 is 0 Å². The summed E-state index contributed by atoms with van der Waals surface area (Å²) >= 11 is 1.89. The highest BCUT2D eigenvalue weighted by atomic mass is 32.2. The highest BCUT2D eigenvalue weighted by Gasteiger charge is 2.11. The zero-order valence-electron chi connectivity index (χ0n) is 12.3. The molecule has 110 valence electrons. The van der Waals surface area contributed by atoms with Crippen molar-refractivity contribution in [3.63, 3.8) is 0 Å². The van der Waals surface area contributed by atoms with Crippen molar-refractivity contribution >= 4 is 11.8 Å². The first-order valence-electron chi connectivity index (χ1n) is 7.45. The topological polar surface area (TPSA) is 35.2 Å². The van der Waals surface area contributed by atoms with Crippen LogP contribution in [0.2, 0.25) is 0 Å². The maximum atomic E-state index is 5.93. The predicted molar refractivity (Wildman–Crippen MR) is 89.1 cm³/mol. The molecular formula is C18H21NOS. The molecule has 1 aliphatic heterocycles. The summed E-state index contributed by atoms with van der Waals surface area (Å²) in [5.41, 5.74) is 9.89. The Balaban J connectivity index is 1.57. The van der Waals surface area contributed by atoms with Gasteiger partial charge in [0.05, 0.1) is 6.61 Å².